The van der Waals surface area contributed by atoms with Crippen molar-refractivity contribution in [3.63, 3.8) is 0 Å². The Morgan fingerprint density at radius 1 is 1.40 bits per heavy atom. The Morgan fingerprint density at radius 2 is 2.00 bits per heavy atom. The van der Waals surface area contributed by atoms with Gasteiger partial charge in [-0.2, -0.15) is 0 Å². The number of aromatic hydroxyl groups is 1. The molecular weight excluding hydrogens is 266 g/mol. The van der Waals surface area contributed by atoms with Crippen molar-refractivity contribution in [3.05, 3.63) is 23.5 Å². The van der Waals surface area contributed by atoms with Crippen molar-refractivity contribution in [1.82, 2.24) is 4.98 Å². The molecule has 110 valence electrons. The van der Waals surface area contributed by atoms with Gasteiger partial charge in [-0.25, -0.2) is 4.79 Å². The van der Waals surface area contributed by atoms with Gasteiger partial charge in [-0.1, -0.05) is 0 Å². The zero-order chi connectivity index (χ0) is 15.5. The molecule has 2 atom stereocenters. The van der Waals surface area contributed by atoms with Crippen LogP contribution >= 0.6 is 0 Å². The molecule has 8 nitrogen and oxygen atoms in total. The minimum atomic E-state index is -1.81. The maximum atomic E-state index is 11.2. The first-order valence-electron chi connectivity index (χ1n) is 5.85. The van der Waals surface area contributed by atoms with Crippen molar-refractivity contribution in [1.29, 1.82) is 0 Å². The first-order chi connectivity index (χ1) is 9.17. The standard InChI is InChI=1S/C12H17N3O5/c1-12(14,11(19)20)9-6(4-15-5-8(9)16)2-3-7(13)10(17)18/h4-5,7,16H,2-3,13-14H2,1H3,(H,17,18)(H,19,20). The lowest BCUT2D eigenvalue weighted by molar-refractivity contribution is -0.143. The number of nitrogens with two attached hydrogens (primary N) is 2. The number of carbonyl (C=O) groups is 2. The highest BCUT2D eigenvalue weighted by Gasteiger charge is 2.35. The second kappa shape index (κ2) is 5.85. The van der Waals surface area contributed by atoms with Crippen LogP contribution in [0.1, 0.15) is 24.5 Å². The number of aliphatic carboxylic acids is 2. The average Bonchev–Trinajstić information content (AvgIpc) is 2.35. The van der Waals surface area contributed by atoms with Gasteiger partial charge in [0.1, 0.15) is 17.3 Å². The molecule has 7 N–H and O–H groups in total. The van der Waals surface area contributed by atoms with Crippen LogP contribution in [0.15, 0.2) is 12.4 Å². The van der Waals surface area contributed by atoms with Gasteiger partial charge >= 0.3 is 11.9 Å². The van der Waals surface area contributed by atoms with Crippen molar-refractivity contribution < 1.29 is 24.9 Å². The summed E-state index contributed by atoms with van der Waals surface area (Å²) < 4.78 is 0. The third-order valence-electron chi connectivity index (χ3n) is 3.01. The van der Waals surface area contributed by atoms with Gasteiger partial charge in [0, 0.05) is 11.8 Å². The number of pyridine rings is 1. The lowest BCUT2D eigenvalue weighted by Crippen LogP contribution is -2.42. The van der Waals surface area contributed by atoms with E-state index in [2.05, 4.69) is 4.98 Å². The summed E-state index contributed by atoms with van der Waals surface area (Å²) in [5, 5.41) is 27.7. The maximum absolute atomic E-state index is 11.2. The number of hydrogen-bond donors (Lipinski definition) is 5. The molecular formula is C12H17N3O5. The van der Waals surface area contributed by atoms with E-state index in [-0.39, 0.29) is 24.2 Å². The van der Waals surface area contributed by atoms with E-state index in [1.54, 1.807) is 0 Å². The van der Waals surface area contributed by atoms with E-state index in [9.17, 15) is 14.7 Å². The second-order valence-corrected chi connectivity index (χ2v) is 4.68. The summed E-state index contributed by atoms with van der Waals surface area (Å²) in [6, 6.07) is -1.08. The molecule has 0 fully saturated rings. The number of hydrogen-bond acceptors (Lipinski definition) is 6. The highest BCUT2D eigenvalue weighted by molar-refractivity contribution is 5.81. The zero-order valence-corrected chi connectivity index (χ0v) is 10.9. The highest BCUT2D eigenvalue weighted by atomic mass is 16.4. The normalized spacial score (nSPS) is 15.3. The largest absolute Gasteiger partial charge is 0.506 e. The van der Waals surface area contributed by atoms with Gasteiger partial charge in [0.05, 0.1) is 6.20 Å². The molecule has 1 rings (SSSR count). The van der Waals surface area contributed by atoms with E-state index in [0.29, 0.717) is 5.56 Å². The van der Waals surface area contributed by atoms with Crippen LogP contribution in [-0.4, -0.2) is 38.3 Å². The predicted octanol–water partition coefficient (Wildman–Crippen LogP) is -0.610. The molecule has 0 bridgehead atoms. The lowest BCUT2D eigenvalue weighted by Gasteiger charge is -2.24. The molecule has 0 aliphatic carbocycles. The van der Waals surface area contributed by atoms with Crippen LogP contribution in [0.2, 0.25) is 0 Å². The van der Waals surface area contributed by atoms with Gasteiger partial charge < -0.3 is 26.8 Å². The van der Waals surface area contributed by atoms with Crippen LogP contribution in [0.4, 0.5) is 0 Å². The van der Waals surface area contributed by atoms with Crippen LogP contribution in [-0.2, 0) is 21.5 Å². The minimum absolute atomic E-state index is 0.0117. The maximum Gasteiger partial charge on any atom is 0.328 e. The van der Waals surface area contributed by atoms with Crippen molar-refractivity contribution in [2.24, 2.45) is 11.5 Å². The van der Waals surface area contributed by atoms with Crippen LogP contribution in [0, 0.1) is 0 Å². The van der Waals surface area contributed by atoms with E-state index in [4.69, 9.17) is 21.7 Å². The zero-order valence-electron chi connectivity index (χ0n) is 10.9. The summed E-state index contributed by atoms with van der Waals surface area (Å²) in [4.78, 5) is 25.6. The fourth-order valence-electron chi connectivity index (χ4n) is 1.82. The second-order valence-electron chi connectivity index (χ2n) is 4.68. The van der Waals surface area contributed by atoms with Crippen molar-refractivity contribution in [2.45, 2.75) is 31.3 Å². The molecule has 1 aromatic rings. The van der Waals surface area contributed by atoms with E-state index in [0.717, 1.165) is 6.20 Å². The Morgan fingerprint density at radius 3 is 2.50 bits per heavy atom. The number of rotatable bonds is 6. The molecule has 2 unspecified atom stereocenters. The summed E-state index contributed by atoms with van der Waals surface area (Å²) in [6.07, 6.45) is 2.65. The van der Waals surface area contributed by atoms with Crippen LogP contribution in [0.3, 0.4) is 0 Å². The fraction of sp³-hybridized carbons (Fsp3) is 0.417. The number of aromatic nitrogens is 1. The van der Waals surface area contributed by atoms with Gasteiger partial charge in [0.2, 0.25) is 0 Å². The molecule has 0 amide bonds. The number of nitrogens with zero attached hydrogens (tertiary/aromatic N) is 1. The van der Waals surface area contributed by atoms with Gasteiger partial charge in [-0.05, 0) is 25.3 Å². The predicted molar refractivity (Wildman–Crippen MR) is 69.0 cm³/mol. The lowest BCUT2D eigenvalue weighted by atomic mass is 9.87. The van der Waals surface area contributed by atoms with E-state index in [1.807, 2.05) is 0 Å². The smallest absolute Gasteiger partial charge is 0.328 e. The molecule has 0 aliphatic rings. The van der Waals surface area contributed by atoms with Crippen LogP contribution < -0.4 is 11.5 Å². The molecule has 0 aromatic carbocycles. The third kappa shape index (κ3) is 3.22. The van der Waals surface area contributed by atoms with Gasteiger partial charge in [-0.3, -0.25) is 9.78 Å². The molecule has 0 saturated carbocycles. The Balaban J connectivity index is 3.12. The van der Waals surface area contributed by atoms with Gasteiger partial charge in [-0.15, -0.1) is 0 Å². The summed E-state index contributed by atoms with van der Waals surface area (Å²) in [7, 11) is 0. The molecule has 1 heterocycles. The molecule has 1 aromatic heterocycles. The average molecular weight is 283 g/mol. The van der Waals surface area contributed by atoms with Crippen LogP contribution in [0.25, 0.3) is 0 Å². The SMILES string of the molecule is CC(N)(C(=O)O)c1c(O)cncc1CCC(N)C(=O)O. The number of aryl methyl sites for hydroxylation is 1. The molecule has 0 spiro atoms. The first kappa shape index (κ1) is 15.9. The van der Waals surface area contributed by atoms with Crippen molar-refractivity contribution >= 4 is 11.9 Å². The Labute approximate surface area is 115 Å². The Hall–Kier alpha value is -2.19. The summed E-state index contributed by atoms with van der Waals surface area (Å²) in [6.45, 7) is 1.24. The monoisotopic (exact) mass is 283 g/mol. The first-order valence-corrected chi connectivity index (χ1v) is 5.85. The Kier molecular flexibility index (Phi) is 4.64. The molecule has 0 saturated heterocycles. The van der Waals surface area contributed by atoms with Crippen LogP contribution in [0.5, 0.6) is 5.75 Å². The van der Waals surface area contributed by atoms with Gasteiger partial charge in [0.15, 0.2) is 0 Å². The van der Waals surface area contributed by atoms with E-state index >= 15 is 0 Å². The fourth-order valence-corrected chi connectivity index (χ4v) is 1.82. The highest BCUT2D eigenvalue weighted by Crippen LogP contribution is 2.30. The van der Waals surface area contributed by atoms with Crippen molar-refractivity contribution in [2.75, 3.05) is 0 Å². The third-order valence-corrected chi connectivity index (χ3v) is 3.01. The van der Waals surface area contributed by atoms with E-state index < -0.39 is 23.5 Å². The molecule has 0 aliphatic heterocycles. The minimum Gasteiger partial charge on any atom is -0.506 e. The Bertz CT molecular complexity index is 530. The molecule has 0 radical (unpaired) electrons. The van der Waals surface area contributed by atoms with E-state index in [1.165, 1.54) is 13.1 Å². The summed E-state index contributed by atoms with van der Waals surface area (Å²) in [5.41, 5.74) is 9.66. The molecule has 8 heteroatoms. The van der Waals surface area contributed by atoms with Crippen molar-refractivity contribution in [3.8, 4) is 5.75 Å². The molecule has 20 heavy (non-hydrogen) atoms. The summed E-state index contributed by atoms with van der Waals surface area (Å²) in [5.74, 6) is -2.82. The summed E-state index contributed by atoms with van der Waals surface area (Å²) >= 11 is 0. The topological polar surface area (TPSA) is 160 Å². The number of carboxylic acids is 2. The quantitative estimate of drug-likeness (QED) is 0.462. The number of carboxylic acid groups (broad SMARTS) is 2. The van der Waals surface area contributed by atoms with Gasteiger partial charge in [0.25, 0.3) is 0 Å².